The minimum Gasteiger partial charge on any atom is -0.496 e. The molecule has 0 saturated carbocycles. The van der Waals surface area contributed by atoms with Crippen molar-refractivity contribution in [2.24, 2.45) is 5.92 Å². The molecule has 5 atom stereocenters. The molecule has 3 rings (SSSR count). The van der Waals surface area contributed by atoms with Gasteiger partial charge in [0.15, 0.2) is 5.83 Å². The molecule has 0 aromatic heterocycles. The Kier molecular flexibility index (Phi) is 6.88. The Bertz CT molecular complexity index is 880. The van der Waals surface area contributed by atoms with Crippen molar-refractivity contribution in [3.05, 3.63) is 35.7 Å². The van der Waals surface area contributed by atoms with Crippen LogP contribution in [-0.4, -0.2) is 73.2 Å². The van der Waals surface area contributed by atoms with Gasteiger partial charge in [-0.3, -0.25) is 14.9 Å². The third-order valence-corrected chi connectivity index (χ3v) is 5.08. The number of hydrogen-bond acceptors (Lipinski definition) is 9. The minimum absolute atomic E-state index is 0.0287. The lowest BCUT2D eigenvalue weighted by molar-refractivity contribution is -0.129. The molecule has 2 aliphatic rings. The molecule has 2 heterocycles. The van der Waals surface area contributed by atoms with Crippen molar-refractivity contribution in [3.63, 3.8) is 0 Å². The molecule has 1 aromatic carbocycles. The number of hydrogen-bond donors (Lipinski definition) is 3. The number of carbonyl (C=O) groups excluding carboxylic acids is 3. The monoisotopic (exact) mass is 439 g/mol. The predicted molar refractivity (Wildman–Crippen MR) is 101 cm³/mol. The van der Waals surface area contributed by atoms with Crippen LogP contribution in [0.1, 0.15) is 16.8 Å². The van der Waals surface area contributed by atoms with Crippen molar-refractivity contribution in [2.75, 3.05) is 20.8 Å². The van der Waals surface area contributed by atoms with E-state index in [9.17, 15) is 29.0 Å². The Morgan fingerprint density at radius 1 is 1.19 bits per heavy atom. The molecule has 168 valence electrons. The van der Waals surface area contributed by atoms with E-state index < -0.39 is 60.6 Å². The summed E-state index contributed by atoms with van der Waals surface area (Å²) in [7, 11) is 2.74. The number of halogens is 1. The van der Waals surface area contributed by atoms with Gasteiger partial charge in [-0.05, 0) is 18.2 Å². The Hall–Kier alpha value is -3.02. The second-order valence-electron chi connectivity index (χ2n) is 7.02. The summed E-state index contributed by atoms with van der Waals surface area (Å²) in [6, 6.07) is 4.71. The zero-order valence-corrected chi connectivity index (χ0v) is 16.7. The lowest BCUT2D eigenvalue weighted by Crippen LogP contribution is -2.37. The van der Waals surface area contributed by atoms with Crippen molar-refractivity contribution < 1.29 is 47.9 Å². The van der Waals surface area contributed by atoms with E-state index >= 15 is 0 Å². The normalized spacial score (nSPS) is 28.4. The summed E-state index contributed by atoms with van der Waals surface area (Å²) in [5.41, 5.74) is 0.0287. The van der Waals surface area contributed by atoms with Crippen LogP contribution in [0.4, 0.5) is 4.39 Å². The highest BCUT2D eigenvalue weighted by Gasteiger charge is 2.47. The van der Waals surface area contributed by atoms with E-state index in [4.69, 9.17) is 18.9 Å². The summed E-state index contributed by atoms with van der Waals surface area (Å²) in [6.07, 6.45) is -4.78. The number of benzene rings is 1. The first-order valence-corrected chi connectivity index (χ1v) is 9.38. The smallest absolute Gasteiger partial charge is 0.345 e. The fourth-order valence-corrected chi connectivity index (χ4v) is 3.54. The maximum atomic E-state index is 13.8. The van der Waals surface area contributed by atoms with Gasteiger partial charge in [-0.15, -0.1) is 0 Å². The van der Waals surface area contributed by atoms with Gasteiger partial charge < -0.3 is 29.2 Å². The molecular formula is C20H22FNO9. The second-order valence-corrected chi connectivity index (χ2v) is 7.02. The van der Waals surface area contributed by atoms with Crippen LogP contribution in [0.3, 0.4) is 0 Å². The van der Waals surface area contributed by atoms with E-state index in [1.165, 1.54) is 14.2 Å². The molecule has 31 heavy (non-hydrogen) atoms. The molecule has 0 spiro atoms. The van der Waals surface area contributed by atoms with Crippen LogP contribution in [0.15, 0.2) is 30.1 Å². The molecule has 0 aliphatic carbocycles. The fraction of sp³-hybridized carbons (Fsp3) is 0.450. The van der Waals surface area contributed by atoms with Crippen molar-refractivity contribution in [2.45, 2.75) is 30.8 Å². The molecule has 1 aromatic rings. The highest BCUT2D eigenvalue weighted by Crippen LogP contribution is 2.32. The first-order chi connectivity index (χ1) is 14.8. The minimum atomic E-state index is -1.50. The van der Waals surface area contributed by atoms with Crippen LogP contribution in [0.5, 0.6) is 11.5 Å². The Labute approximate surface area is 176 Å². The van der Waals surface area contributed by atoms with Crippen molar-refractivity contribution in [1.29, 1.82) is 0 Å². The van der Waals surface area contributed by atoms with Crippen LogP contribution < -0.4 is 14.8 Å². The number of aliphatic hydroxyl groups is 2. The number of ether oxygens (including phenoxy) is 4. The maximum Gasteiger partial charge on any atom is 0.345 e. The number of amides is 2. The Morgan fingerprint density at radius 3 is 2.45 bits per heavy atom. The molecule has 3 N–H and O–H groups in total. The van der Waals surface area contributed by atoms with Gasteiger partial charge in [-0.25, -0.2) is 9.18 Å². The Morgan fingerprint density at radius 2 is 1.84 bits per heavy atom. The van der Waals surface area contributed by atoms with Crippen LogP contribution in [0, 0.1) is 5.92 Å². The molecule has 1 saturated heterocycles. The summed E-state index contributed by atoms with van der Waals surface area (Å²) < 4.78 is 34.9. The molecule has 10 nitrogen and oxygen atoms in total. The van der Waals surface area contributed by atoms with E-state index in [-0.39, 0.29) is 23.5 Å². The van der Waals surface area contributed by atoms with Crippen LogP contribution in [0.2, 0.25) is 0 Å². The van der Waals surface area contributed by atoms with Gasteiger partial charge in [0.2, 0.25) is 5.91 Å². The van der Waals surface area contributed by atoms with Gasteiger partial charge in [0.25, 0.3) is 5.91 Å². The maximum absolute atomic E-state index is 13.8. The predicted octanol–water partition coefficient (Wildman–Crippen LogP) is -0.134. The van der Waals surface area contributed by atoms with Crippen molar-refractivity contribution >= 4 is 17.8 Å². The van der Waals surface area contributed by atoms with Crippen LogP contribution >= 0.6 is 0 Å². The molecular weight excluding hydrogens is 417 g/mol. The van der Waals surface area contributed by atoms with Gasteiger partial charge >= 0.3 is 5.97 Å². The third-order valence-electron chi connectivity index (χ3n) is 5.08. The molecule has 5 unspecified atom stereocenters. The molecule has 11 heteroatoms. The molecule has 0 radical (unpaired) electrons. The topological polar surface area (TPSA) is 141 Å². The number of nitrogens with one attached hydrogen (secondary N) is 1. The largest absolute Gasteiger partial charge is 0.496 e. The van der Waals surface area contributed by atoms with Crippen molar-refractivity contribution in [3.8, 4) is 11.5 Å². The van der Waals surface area contributed by atoms with Gasteiger partial charge in [0.1, 0.15) is 42.0 Å². The highest BCUT2D eigenvalue weighted by molar-refractivity contribution is 6.04. The lowest BCUT2D eigenvalue weighted by atomic mass is 9.93. The molecule has 2 aliphatic heterocycles. The zero-order chi connectivity index (χ0) is 22.7. The average molecular weight is 439 g/mol. The summed E-state index contributed by atoms with van der Waals surface area (Å²) in [4.78, 5) is 35.7. The molecule has 1 fully saturated rings. The first kappa shape index (κ1) is 22.7. The van der Waals surface area contributed by atoms with Gasteiger partial charge in [0.05, 0.1) is 20.3 Å². The summed E-state index contributed by atoms with van der Waals surface area (Å²) in [6.45, 7) is -0.446. The highest BCUT2D eigenvalue weighted by atomic mass is 19.1. The summed E-state index contributed by atoms with van der Waals surface area (Å²) >= 11 is 0. The lowest BCUT2D eigenvalue weighted by Gasteiger charge is -2.21. The summed E-state index contributed by atoms with van der Waals surface area (Å²) in [5.74, 6) is -4.52. The summed E-state index contributed by atoms with van der Waals surface area (Å²) in [5, 5.41) is 22.5. The van der Waals surface area contributed by atoms with Gasteiger partial charge in [-0.1, -0.05) is 6.07 Å². The average Bonchev–Trinajstić information content (AvgIpc) is 2.96. The van der Waals surface area contributed by atoms with Crippen LogP contribution in [0.25, 0.3) is 0 Å². The van der Waals surface area contributed by atoms with Gasteiger partial charge in [-0.2, -0.15) is 0 Å². The molecule has 2 amide bonds. The second kappa shape index (κ2) is 9.41. The van der Waals surface area contributed by atoms with E-state index in [0.29, 0.717) is 0 Å². The zero-order valence-electron chi connectivity index (χ0n) is 16.7. The standard InChI is InChI=1S/C20H22FNO9/c1-28-11-4-3-5-12(29-2)15(11)20(27)30-8-13-16(24)17(25)18(31-13)9-6-10(21)19(26)22-14(23)7-9/h3-6,9,13,16-18,24-25H,7-8H2,1-2H3,(H,22,23,26). The fourth-order valence-electron chi connectivity index (χ4n) is 3.54. The number of esters is 1. The van der Waals surface area contributed by atoms with Gasteiger partial charge in [0, 0.05) is 12.3 Å². The third kappa shape index (κ3) is 4.68. The van der Waals surface area contributed by atoms with E-state index in [1.807, 2.05) is 5.32 Å². The Balaban J connectivity index is 1.71. The quantitative estimate of drug-likeness (QED) is 0.408. The van der Waals surface area contributed by atoms with E-state index in [2.05, 4.69) is 0 Å². The first-order valence-electron chi connectivity index (χ1n) is 9.38. The van der Waals surface area contributed by atoms with E-state index in [0.717, 1.165) is 6.08 Å². The number of carbonyl (C=O) groups is 3. The number of imide groups is 1. The number of aliphatic hydroxyl groups excluding tert-OH is 2. The number of rotatable bonds is 6. The SMILES string of the molecule is COc1cccc(OC)c1C(=O)OCC1OC(C2C=C(F)C(=O)NC(=O)C2)C(O)C1O. The number of methoxy groups -OCH3 is 2. The van der Waals surface area contributed by atoms with Crippen LogP contribution in [-0.2, 0) is 19.1 Å². The van der Waals surface area contributed by atoms with Crippen molar-refractivity contribution in [1.82, 2.24) is 5.32 Å². The van der Waals surface area contributed by atoms with E-state index in [1.54, 1.807) is 18.2 Å². The molecule has 0 bridgehead atoms.